The second-order valence-corrected chi connectivity index (χ2v) is 9.75. The molecule has 3 rings (SSSR count). The molecule has 0 aliphatic heterocycles. The minimum absolute atomic E-state index is 0.0426. The van der Waals surface area contributed by atoms with Crippen molar-refractivity contribution in [2.75, 3.05) is 59.7 Å². The Balaban J connectivity index is 1.89. The lowest BCUT2D eigenvalue weighted by Gasteiger charge is -2.15. The van der Waals surface area contributed by atoms with Crippen LogP contribution in [0.4, 0.5) is 5.69 Å². The van der Waals surface area contributed by atoms with Crippen LogP contribution in [0.5, 0.6) is 5.75 Å². The lowest BCUT2D eigenvalue weighted by Crippen LogP contribution is -2.21. The Morgan fingerprint density at radius 1 is 0.861 bits per heavy atom. The van der Waals surface area contributed by atoms with Gasteiger partial charge in [-0.15, -0.1) is 0 Å². The molecule has 5 heteroatoms. The monoisotopic (exact) mass is 485 g/mol. The van der Waals surface area contributed by atoms with Gasteiger partial charge in [-0.25, -0.2) is 0 Å². The Morgan fingerprint density at radius 3 is 2.25 bits per heavy atom. The van der Waals surface area contributed by atoms with Crippen molar-refractivity contribution in [3.63, 3.8) is 0 Å². The number of ketones is 1. The van der Waals surface area contributed by atoms with Gasteiger partial charge in [0.25, 0.3) is 0 Å². The van der Waals surface area contributed by atoms with E-state index in [9.17, 15) is 4.79 Å². The predicted molar refractivity (Wildman–Crippen MR) is 152 cm³/mol. The molecule has 0 bridgehead atoms. The highest BCUT2D eigenvalue weighted by atomic mass is 16.5. The summed E-state index contributed by atoms with van der Waals surface area (Å²) in [4.78, 5) is 17.4. The minimum Gasteiger partial charge on any atom is -0.492 e. The number of carbonyl (C=O) groups excluding carboxylic acids is 1. The van der Waals surface area contributed by atoms with Crippen LogP contribution in [0.15, 0.2) is 66.7 Å². The molecule has 0 saturated carbocycles. The van der Waals surface area contributed by atoms with Gasteiger partial charge in [0, 0.05) is 36.4 Å². The minimum atomic E-state index is -0.0426. The molecule has 0 aliphatic rings. The van der Waals surface area contributed by atoms with E-state index < -0.39 is 0 Å². The molecule has 0 aliphatic carbocycles. The number of nitrogens with one attached hydrogen (secondary N) is 1. The van der Waals surface area contributed by atoms with E-state index in [0.29, 0.717) is 12.2 Å². The summed E-state index contributed by atoms with van der Waals surface area (Å²) in [5.41, 5.74) is 7.09. The number of nitrogens with zero attached hydrogens (tertiary/aromatic N) is 2. The number of hydrogen-bond acceptors (Lipinski definition) is 5. The number of hydrogen-bond donors (Lipinski definition) is 1. The molecule has 0 aromatic heterocycles. The zero-order valence-electron chi connectivity index (χ0n) is 22.5. The van der Waals surface area contributed by atoms with Crippen LogP contribution in [0.2, 0.25) is 0 Å². The molecule has 36 heavy (non-hydrogen) atoms. The lowest BCUT2D eigenvalue weighted by molar-refractivity contribution is 0.104. The third-order valence-corrected chi connectivity index (χ3v) is 5.84. The van der Waals surface area contributed by atoms with Crippen molar-refractivity contribution in [3.05, 3.63) is 89.0 Å². The average molecular weight is 486 g/mol. The van der Waals surface area contributed by atoms with Crippen LogP contribution in [0, 0.1) is 13.8 Å². The maximum absolute atomic E-state index is 13.2. The summed E-state index contributed by atoms with van der Waals surface area (Å²) < 4.78 is 6.10. The highest BCUT2D eigenvalue weighted by molar-refractivity contribution is 6.10. The first-order valence-electron chi connectivity index (χ1n) is 12.4. The summed E-state index contributed by atoms with van der Waals surface area (Å²) >= 11 is 0. The van der Waals surface area contributed by atoms with E-state index in [1.54, 1.807) is 6.08 Å². The van der Waals surface area contributed by atoms with Crippen molar-refractivity contribution in [1.82, 2.24) is 9.80 Å². The van der Waals surface area contributed by atoms with Crippen LogP contribution in [-0.4, -0.2) is 70.0 Å². The van der Waals surface area contributed by atoms with Crippen LogP contribution in [0.25, 0.3) is 17.2 Å². The van der Waals surface area contributed by atoms with Crippen molar-refractivity contribution in [2.24, 2.45) is 0 Å². The molecule has 0 fully saturated rings. The number of para-hydroxylation sites is 1. The Kier molecular flexibility index (Phi) is 9.86. The fourth-order valence-corrected chi connectivity index (χ4v) is 3.99. The van der Waals surface area contributed by atoms with Crippen molar-refractivity contribution >= 4 is 17.5 Å². The third-order valence-electron chi connectivity index (χ3n) is 5.84. The zero-order valence-corrected chi connectivity index (χ0v) is 22.5. The summed E-state index contributed by atoms with van der Waals surface area (Å²) in [5.74, 6) is 0.727. The smallest absolute Gasteiger partial charge is 0.187 e. The topological polar surface area (TPSA) is 44.8 Å². The molecule has 0 spiro atoms. The number of allylic oxidation sites excluding steroid dienone is 1. The Bertz CT molecular complexity index is 1180. The van der Waals surface area contributed by atoms with E-state index in [2.05, 4.69) is 59.3 Å². The van der Waals surface area contributed by atoms with Gasteiger partial charge in [-0.05, 0) is 89.6 Å². The SMILES string of the molecule is Cc1cc(C)cc(-c2ccc(OCCN(C)C)c(C=CC(=O)c3ccccc3NCCN(C)C)c2)c1. The lowest BCUT2D eigenvalue weighted by atomic mass is 9.98. The van der Waals surface area contributed by atoms with Gasteiger partial charge in [0.05, 0.1) is 0 Å². The first-order chi connectivity index (χ1) is 17.2. The van der Waals surface area contributed by atoms with Gasteiger partial charge in [0.2, 0.25) is 0 Å². The van der Waals surface area contributed by atoms with E-state index in [1.807, 2.05) is 64.6 Å². The van der Waals surface area contributed by atoms with Gasteiger partial charge in [-0.2, -0.15) is 0 Å². The Labute approximate surface area is 216 Å². The largest absolute Gasteiger partial charge is 0.492 e. The van der Waals surface area contributed by atoms with Crippen LogP contribution >= 0.6 is 0 Å². The molecule has 0 saturated heterocycles. The molecule has 1 N–H and O–H groups in total. The fraction of sp³-hybridized carbons (Fsp3) is 0.323. The molecular formula is C31H39N3O2. The van der Waals surface area contributed by atoms with Gasteiger partial charge in [-0.1, -0.05) is 47.5 Å². The summed E-state index contributed by atoms with van der Waals surface area (Å²) in [6.45, 7) is 7.26. The van der Waals surface area contributed by atoms with E-state index in [-0.39, 0.29) is 5.78 Å². The molecule has 190 valence electrons. The standard InChI is InChI=1S/C31H39N3O2/c1-23-19-24(2)21-27(20-23)25-12-14-31(36-18-17-34(5)6)26(22-25)11-13-30(35)28-9-7-8-10-29(28)32-15-16-33(3)4/h7-14,19-22,32H,15-18H2,1-6H3. The van der Waals surface area contributed by atoms with Crippen LogP contribution in [0.1, 0.15) is 27.0 Å². The van der Waals surface area contributed by atoms with Crippen LogP contribution in [-0.2, 0) is 0 Å². The van der Waals surface area contributed by atoms with Gasteiger partial charge in [0.1, 0.15) is 12.4 Å². The van der Waals surface area contributed by atoms with E-state index >= 15 is 0 Å². The maximum Gasteiger partial charge on any atom is 0.187 e. The molecule has 0 amide bonds. The number of carbonyl (C=O) groups is 1. The van der Waals surface area contributed by atoms with Crippen molar-refractivity contribution in [2.45, 2.75) is 13.8 Å². The van der Waals surface area contributed by atoms with E-state index in [4.69, 9.17) is 4.74 Å². The highest BCUT2D eigenvalue weighted by Gasteiger charge is 2.10. The summed E-state index contributed by atoms with van der Waals surface area (Å²) in [6.07, 6.45) is 3.52. The van der Waals surface area contributed by atoms with E-state index in [0.717, 1.165) is 47.8 Å². The maximum atomic E-state index is 13.2. The van der Waals surface area contributed by atoms with Crippen molar-refractivity contribution < 1.29 is 9.53 Å². The fourth-order valence-electron chi connectivity index (χ4n) is 3.99. The Morgan fingerprint density at radius 2 is 1.56 bits per heavy atom. The number of aryl methyl sites for hydroxylation is 2. The molecule has 0 heterocycles. The number of ether oxygens (including phenoxy) is 1. The average Bonchev–Trinajstić information content (AvgIpc) is 2.82. The second kappa shape index (κ2) is 13.1. The summed E-state index contributed by atoms with van der Waals surface area (Å²) in [7, 11) is 8.11. The van der Waals surface area contributed by atoms with Gasteiger partial charge in [-0.3, -0.25) is 4.79 Å². The highest BCUT2D eigenvalue weighted by Crippen LogP contribution is 2.29. The molecular weight excluding hydrogens is 446 g/mol. The van der Waals surface area contributed by atoms with E-state index in [1.165, 1.54) is 11.1 Å². The molecule has 0 radical (unpaired) electrons. The number of benzene rings is 3. The quantitative estimate of drug-likeness (QED) is 0.260. The number of anilines is 1. The van der Waals surface area contributed by atoms with Gasteiger partial charge >= 0.3 is 0 Å². The normalized spacial score (nSPS) is 11.4. The molecule has 3 aromatic carbocycles. The molecule has 3 aromatic rings. The number of rotatable bonds is 12. The third kappa shape index (κ3) is 8.08. The van der Waals surface area contributed by atoms with Crippen molar-refractivity contribution in [1.29, 1.82) is 0 Å². The van der Waals surface area contributed by atoms with Crippen molar-refractivity contribution in [3.8, 4) is 16.9 Å². The zero-order chi connectivity index (χ0) is 26.1. The summed E-state index contributed by atoms with van der Waals surface area (Å²) in [5, 5.41) is 3.39. The van der Waals surface area contributed by atoms with Crippen LogP contribution < -0.4 is 10.1 Å². The predicted octanol–water partition coefficient (Wildman–Crippen LogP) is 5.78. The van der Waals surface area contributed by atoms with Gasteiger partial charge in [0.15, 0.2) is 5.78 Å². The first-order valence-corrected chi connectivity index (χ1v) is 12.4. The van der Waals surface area contributed by atoms with Gasteiger partial charge < -0.3 is 19.9 Å². The summed E-state index contributed by atoms with van der Waals surface area (Å²) in [6, 6.07) is 20.4. The molecule has 0 atom stereocenters. The first kappa shape index (κ1) is 27.2. The molecule has 5 nitrogen and oxygen atoms in total. The van der Waals surface area contributed by atoms with Crippen LogP contribution in [0.3, 0.4) is 0 Å². The Hall–Kier alpha value is -3.41. The number of likely N-dealkylation sites (N-methyl/N-ethyl adjacent to an activating group) is 2. The second-order valence-electron chi connectivity index (χ2n) is 9.75. The molecule has 0 unspecified atom stereocenters.